The van der Waals surface area contributed by atoms with Crippen LogP contribution in [0.1, 0.15) is 16.1 Å². The summed E-state index contributed by atoms with van der Waals surface area (Å²) < 4.78 is 0. The minimum atomic E-state index is -0.490. The summed E-state index contributed by atoms with van der Waals surface area (Å²) in [5, 5.41) is 14.5. The van der Waals surface area contributed by atoms with Crippen LogP contribution in [0.15, 0.2) is 72.9 Å². The fourth-order valence-electron chi connectivity index (χ4n) is 2.75. The van der Waals surface area contributed by atoms with Gasteiger partial charge in [0.1, 0.15) is 5.69 Å². The fourth-order valence-corrected chi connectivity index (χ4v) is 2.75. The number of likely N-dealkylation sites (N-methyl/N-ethyl adjacent to an activating group) is 1. The van der Waals surface area contributed by atoms with Crippen molar-refractivity contribution >= 4 is 23.0 Å². The first kappa shape index (κ1) is 19.0. The highest BCUT2D eigenvalue weighted by Gasteiger charge is 2.20. The number of nitro groups is 1. The summed E-state index contributed by atoms with van der Waals surface area (Å²) in [4.78, 5) is 29.5. The van der Waals surface area contributed by atoms with Crippen molar-refractivity contribution in [3.63, 3.8) is 0 Å². The van der Waals surface area contributed by atoms with Crippen molar-refractivity contribution < 1.29 is 9.72 Å². The number of para-hydroxylation sites is 1. The lowest BCUT2D eigenvalue weighted by Crippen LogP contribution is -2.29. The molecule has 0 unspecified atom stereocenters. The summed E-state index contributed by atoms with van der Waals surface area (Å²) in [6.07, 6.45) is 2.32. The number of nitrogens with one attached hydrogen (secondary N) is 1. The van der Waals surface area contributed by atoms with Crippen molar-refractivity contribution in [2.75, 3.05) is 18.9 Å². The Balaban J connectivity index is 1.75. The number of hydrogen-bond donors (Lipinski definition) is 1. The van der Waals surface area contributed by atoms with E-state index in [1.165, 1.54) is 11.0 Å². The van der Waals surface area contributed by atoms with Gasteiger partial charge in [0, 0.05) is 49.2 Å². The van der Waals surface area contributed by atoms with Crippen LogP contribution in [-0.4, -0.2) is 34.3 Å². The molecule has 0 radical (unpaired) electrons. The van der Waals surface area contributed by atoms with Gasteiger partial charge in [-0.3, -0.25) is 19.9 Å². The molecule has 0 atom stereocenters. The van der Waals surface area contributed by atoms with Crippen molar-refractivity contribution in [3.8, 4) is 0 Å². The highest BCUT2D eigenvalue weighted by Crippen LogP contribution is 2.29. The predicted molar refractivity (Wildman–Crippen MR) is 108 cm³/mol. The molecule has 3 rings (SSSR count). The lowest BCUT2D eigenvalue weighted by Gasteiger charge is -2.17. The van der Waals surface area contributed by atoms with Crippen LogP contribution < -0.4 is 5.32 Å². The number of carbonyl (C=O) groups is 1. The molecule has 1 aromatic heterocycles. The molecule has 0 aliphatic heterocycles. The molecular formula is C21H20N4O3. The van der Waals surface area contributed by atoms with Crippen LogP contribution in [-0.2, 0) is 6.42 Å². The number of amides is 1. The second-order valence-electron chi connectivity index (χ2n) is 6.28. The van der Waals surface area contributed by atoms with Crippen LogP contribution in [0.3, 0.4) is 0 Å². The quantitative estimate of drug-likeness (QED) is 0.496. The zero-order valence-electron chi connectivity index (χ0n) is 15.4. The van der Waals surface area contributed by atoms with Gasteiger partial charge < -0.3 is 10.2 Å². The van der Waals surface area contributed by atoms with Crippen molar-refractivity contribution in [1.29, 1.82) is 0 Å². The van der Waals surface area contributed by atoms with Gasteiger partial charge in [-0.2, -0.15) is 0 Å². The van der Waals surface area contributed by atoms with Gasteiger partial charge in [0.2, 0.25) is 0 Å². The summed E-state index contributed by atoms with van der Waals surface area (Å²) >= 11 is 0. The first-order valence-corrected chi connectivity index (χ1v) is 8.80. The molecule has 142 valence electrons. The number of benzene rings is 2. The maximum absolute atomic E-state index is 12.7. The first-order valence-electron chi connectivity index (χ1n) is 8.80. The van der Waals surface area contributed by atoms with E-state index in [0.717, 1.165) is 11.4 Å². The van der Waals surface area contributed by atoms with E-state index in [9.17, 15) is 14.9 Å². The maximum Gasteiger partial charge on any atom is 0.293 e. The van der Waals surface area contributed by atoms with Crippen LogP contribution in [0.4, 0.5) is 17.1 Å². The molecule has 0 aliphatic carbocycles. The molecule has 28 heavy (non-hydrogen) atoms. The van der Waals surface area contributed by atoms with Crippen LogP contribution in [0.5, 0.6) is 0 Å². The zero-order chi connectivity index (χ0) is 19.9. The number of hydrogen-bond acceptors (Lipinski definition) is 5. The van der Waals surface area contributed by atoms with E-state index in [0.29, 0.717) is 18.7 Å². The monoisotopic (exact) mass is 376 g/mol. The van der Waals surface area contributed by atoms with Crippen molar-refractivity contribution in [1.82, 2.24) is 9.88 Å². The van der Waals surface area contributed by atoms with Crippen LogP contribution in [0, 0.1) is 10.1 Å². The number of anilines is 2. The third kappa shape index (κ3) is 4.70. The molecule has 2 aromatic carbocycles. The van der Waals surface area contributed by atoms with E-state index in [2.05, 4.69) is 10.3 Å². The van der Waals surface area contributed by atoms with Gasteiger partial charge in [-0.15, -0.1) is 0 Å². The summed E-state index contributed by atoms with van der Waals surface area (Å²) in [5.41, 5.74) is 2.08. The van der Waals surface area contributed by atoms with E-state index in [-0.39, 0.29) is 17.2 Å². The predicted octanol–water partition coefficient (Wildman–Crippen LogP) is 4.05. The summed E-state index contributed by atoms with van der Waals surface area (Å²) in [6, 6.07) is 19.3. The van der Waals surface area contributed by atoms with Crippen LogP contribution in [0.2, 0.25) is 0 Å². The van der Waals surface area contributed by atoms with Gasteiger partial charge in [0.05, 0.1) is 4.92 Å². The zero-order valence-corrected chi connectivity index (χ0v) is 15.4. The van der Waals surface area contributed by atoms with Gasteiger partial charge in [0.25, 0.3) is 11.6 Å². The third-order valence-electron chi connectivity index (χ3n) is 4.27. The van der Waals surface area contributed by atoms with E-state index < -0.39 is 4.92 Å². The SMILES string of the molecule is CN(CCc1ccccn1)C(=O)c1ccc(Nc2ccccc2)c([N+](=O)[O-])c1. The van der Waals surface area contributed by atoms with Crippen molar-refractivity contribution in [2.24, 2.45) is 0 Å². The number of pyridine rings is 1. The fraction of sp³-hybridized carbons (Fsp3) is 0.143. The molecule has 7 heteroatoms. The Bertz CT molecular complexity index is 962. The van der Waals surface area contributed by atoms with E-state index in [1.807, 2.05) is 48.5 Å². The maximum atomic E-state index is 12.7. The minimum Gasteiger partial charge on any atom is -0.350 e. The molecule has 0 bridgehead atoms. The van der Waals surface area contributed by atoms with Gasteiger partial charge in [-0.1, -0.05) is 24.3 Å². The lowest BCUT2D eigenvalue weighted by atomic mass is 10.1. The molecule has 0 saturated heterocycles. The molecule has 7 nitrogen and oxygen atoms in total. The lowest BCUT2D eigenvalue weighted by molar-refractivity contribution is -0.383. The Morgan fingerprint density at radius 1 is 1.11 bits per heavy atom. The standard InChI is InChI=1S/C21H20N4O3/c1-24(14-12-17-7-5-6-13-22-17)21(26)16-10-11-19(20(15-16)25(27)28)23-18-8-3-2-4-9-18/h2-11,13,15,23H,12,14H2,1H3. The molecule has 1 amide bonds. The summed E-state index contributed by atoms with van der Waals surface area (Å²) in [5.74, 6) is -0.273. The molecule has 1 N–H and O–H groups in total. The molecule has 0 saturated carbocycles. The average molecular weight is 376 g/mol. The summed E-state index contributed by atoms with van der Waals surface area (Å²) in [6.45, 7) is 0.466. The largest absolute Gasteiger partial charge is 0.350 e. The third-order valence-corrected chi connectivity index (χ3v) is 4.27. The molecule has 1 heterocycles. The van der Waals surface area contributed by atoms with Crippen molar-refractivity contribution in [2.45, 2.75) is 6.42 Å². The number of nitrogens with zero attached hydrogens (tertiary/aromatic N) is 3. The molecular weight excluding hydrogens is 356 g/mol. The van der Waals surface area contributed by atoms with E-state index in [1.54, 1.807) is 25.4 Å². The van der Waals surface area contributed by atoms with Gasteiger partial charge in [0.15, 0.2) is 0 Å². The second-order valence-corrected chi connectivity index (χ2v) is 6.28. The van der Waals surface area contributed by atoms with Crippen molar-refractivity contribution in [3.05, 3.63) is 94.3 Å². The Hall–Kier alpha value is -3.74. The molecule has 0 aliphatic rings. The van der Waals surface area contributed by atoms with E-state index in [4.69, 9.17) is 0 Å². The second kappa shape index (κ2) is 8.77. The Morgan fingerprint density at radius 2 is 1.86 bits per heavy atom. The molecule has 0 fully saturated rings. The highest BCUT2D eigenvalue weighted by atomic mass is 16.6. The van der Waals surface area contributed by atoms with Gasteiger partial charge in [-0.25, -0.2) is 0 Å². The molecule has 3 aromatic rings. The first-order chi connectivity index (χ1) is 13.5. The number of rotatable bonds is 7. The minimum absolute atomic E-state index is 0.146. The number of carbonyl (C=O) groups excluding carboxylic acids is 1. The topological polar surface area (TPSA) is 88.4 Å². The normalized spacial score (nSPS) is 10.3. The Morgan fingerprint density at radius 3 is 2.54 bits per heavy atom. The molecule has 0 spiro atoms. The smallest absolute Gasteiger partial charge is 0.293 e. The van der Waals surface area contributed by atoms with E-state index >= 15 is 0 Å². The Kier molecular flexibility index (Phi) is 5.96. The van der Waals surface area contributed by atoms with Crippen LogP contribution in [0.25, 0.3) is 0 Å². The van der Waals surface area contributed by atoms with Gasteiger partial charge >= 0.3 is 0 Å². The average Bonchev–Trinajstić information content (AvgIpc) is 2.73. The Labute approximate surface area is 162 Å². The highest BCUT2D eigenvalue weighted by molar-refractivity contribution is 5.95. The van der Waals surface area contributed by atoms with Gasteiger partial charge in [-0.05, 0) is 36.4 Å². The number of aromatic nitrogens is 1. The summed E-state index contributed by atoms with van der Waals surface area (Å²) in [7, 11) is 1.67. The van der Waals surface area contributed by atoms with Crippen LogP contribution >= 0.6 is 0 Å². The number of nitro benzene ring substituents is 1.